The van der Waals surface area contributed by atoms with Crippen molar-refractivity contribution in [1.82, 2.24) is 20.4 Å². The van der Waals surface area contributed by atoms with Gasteiger partial charge in [0.1, 0.15) is 4.60 Å². The number of piperidine rings is 1. The Labute approximate surface area is 135 Å². The number of hydrogen-bond acceptors (Lipinski definition) is 7. The van der Waals surface area contributed by atoms with E-state index in [4.69, 9.17) is 9.47 Å². The minimum atomic E-state index is -0.735. The van der Waals surface area contributed by atoms with E-state index in [0.29, 0.717) is 30.6 Å². The number of halogens is 1. The largest absolute Gasteiger partial charge is 0.388 e. The highest BCUT2D eigenvalue weighted by Crippen LogP contribution is 2.20. The highest BCUT2D eigenvalue weighted by molar-refractivity contribution is 9.10. The minimum Gasteiger partial charge on any atom is -0.388 e. The van der Waals surface area contributed by atoms with E-state index in [2.05, 4.69) is 31.7 Å². The lowest BCUT2D eigenvalue weighted by Crippen LogP contribution is -2.33. The lowest BCUT2D eigenvalue weighted by Gasteiger charge is -2.20. The van der Waals surface area contributed by atoms with E-state index in [1.165, 1.54) is 10.7 Å². The van der Waals surface area contributed by atoms with Crippen LogP contribution in [0, 0.1) is 5.92 Å². The number of nitrogens with zero attached hydrogens (tertiary/aromatic N) is 2. The van der Waals surface area contributed by atoms with E-state index in [-0.39, 0.29) is 11.6 Å². The summed E-state index contributed by atoms with van der Waals surface area (Å²) in [5.74, 6) is -1.44. The number of rotatable bonds is 3. The number of esters is 2. The van der Waals surface area contributed by atoms with Crippen LogP contribution in [0.1, 0.15) is 29.7 Å². The highest BCUT2D eigenvalue weighted by atomic mass is 79.9. The second-order valence-electron chi connectivity index (χ2n) is 5.21. The molecule has 1 aromatic rings. The Morgan fingerprint density at radius 3 is 2.82 bits per heavy atom. The Kier molecular flexibility index (Phi) is 4.87. The van der Waals surface area contributed by atoms with Crippen LogP contribution in [-0.2, 0) is 14.3 Å². The number of carbonyl (C=O) groups excluding carboxylic acids is 2. The molecule has 0 radical (unpaired) electrons. The summed E-state index contributed by atoms with van der Waals surface area (Å²) in [6.07, 6.45) is 0.949. The molecule has 0 saturated carbocycles. The molecule has 3 heterocycles. The fraction of sp³-hybridized carbons (Fsp3) is 0.615. The summed E-state index contributed by atoms with van der Waals surface area (Å²) in [7, 11) is 0. The van der Waals surface area contributed by atoms with Crippen LogP contribution in [0.4, 0.5) is 0 Å². The molecule has 0 amide bonds. The van der Waals surface area contributed by atoms with Crippen LogP contribution in [0.15, 0.2) is 10.7 Å². The van der Waals surface area contributed by atoms with E-state index in [9.17, 15) is 9.59 Å². The number of ether oxygens (including phenoxy) is 2. The van der Waals surface area contributed by atoms with Gasteiger partial charge in [-0.05, 0) is 41.9 Å². The van der Waals surface area contributed by atoms with Gasteiger partial charge in [0.25, 0.3) is 0 Å². The maximum atomic E-state index is 12.1. The van der Waals surface area contributed by atoms with Gasteiger partial charge < -0.3 is 14.8 Å². The van der Waals surface area contributed by atoms with Crippen LogP contribution in [0.5, 0.6) is 0 Å². The van der Waals surface area contributed by atoms with Gasteiger partial charge in [-0.25, -0.2) is 9.48 Å². The molecular formula is C13H17BrN4O4. The van der Waals surface area contributed by atoms with Crippen LogP contribution in [-0.4, -0.2) is 48.0 Å². The van der Waals surface area contributed by atoms with Gasteiger partial charge in [-0.2, -0.15) is 5.10 Å². The van der Waals surface area contributed by atoms with Crippen molar-refractivity contribution in [3.63, 3.8) is 0 Å². The number of aromatic nitrogens is 2. The van der Waals surface area contributed by atoms with Gasteiger partial charge in [-0.15, -0.1) is 0 Å². The normalized spacial score (nSPS) is 22.7. The van der Waals surface area contributed by atoms with Crippen molar-refractivity contribution in [3.05, 3.63) is 16.4 Å². The van der Waals surface area contributed by atoms with Crippen molar-refractivity contribution in [3.8, 4) is 0 Å². The van der Waals surface area contributed by atoms with Crippen molar-refractivity contribution in [2.75, 3.05) is 26.2 Å². The summed E-state index contributed by atoms with van der Waals surface area (Å²) in [4.78, 5) is 24.0. The summed E-state index contributed by atoms with van der Waals surface area (Å²) >= 11 is 3.32. The second kappa shape index (κ2) is 6.86. The smallest absolute Gasteiger partial charge is 0.366 e. The molecule has 1 unspecified atom stereocenters. The summed E-state index contributed by atoms with van der Waals surface area (Å²) in [5, 5.41) is 10.4. The first-order valence-electron chi connectivity index (χ1n) is 7.22. The fourth-order valence-electron chi connectivity index (χ4n) is 2.49. The third kappa shape index (κ3) is 3.37. The molecule has 9 heteroatoms. The van der Waals surface area contributed by atoms with Gasteiger partial charge in [0.05, 0.1) is 12.5 Å². The molecule has 0 bridgehead atoms. The van der Waals surface area contributed by atoms with E-state index in [1.54, 1.807) is 0 Å². The Hall–Kier alpha value is -1.29. The monoisotopic (exact) mass is 372 g/mol. The number of carbonyl (C=O) groups is 2. The van der Waals surface area contributed by atoms with Gasteiger partial charge in [-0.3, -0.25) is 10.1 Å². The predicted octanol–water partition coefficient (Wildman–Crippen LogP) is 0.404. The molecule has 0 aliphatic carbocycles. The van der Waals surface area contributed by atoms with Gasteiger partial charge in [0.15, 0.2) is 5.69 Å². The first-order chi connectivity index (χ1) is 10.6. The average molecular weight is 373 g/mol. The first kappa shape index (κ1) is 15.6. The van der Waals surface area contributed by atoms with Gasteiger partial charge in [0, 0.05) is 12.6 Å². The lowest BCUT2D eigenvalue weighted by molar-refractivity contribution is -0.143. The summed E-state index contributed by atoms with van der Waals surface area (Å²) < 4.78 is 12.4. The Morgan fingerprint density at radius 1 is 1.36 bits per heavy atom. The zero-order valence-electron chi connectivity index (χ0n) is 11.9. The third-order valence-corrected chi connectivity index (χ3v) is 4.28. The minimum absolute atomic E-state index is 0.0754. The number of nitrogens with one attached hydrogen (secondary N) is 2. The third-order valence-electron chi connectivity index (χ3n) is 3.68. The maximum absolute atomic E-state index is 12.1. The fourth-order valence-corrected chi connectivity index (χ4v) is 2.97. The quantitative estimate of drug-likeness (QED) is 0.585. The summed E-state index contributed by atoms with van der Waals surface area (Å²) in [5.41, 5.74) is 0.0754. The standard InChI is InChI=1S/C13H17BrN4O4/c14-10-7-9(17-18(10)13-16-5-6-21-13)12(20)22-11(19)8-1-3-15-4-2-8/h7-8,13,15-16H,1-6H2. The average Bonchev–Trinajstić information content (AvgIpc) is 3.17. The van der Waals surface area contributed by atoms with Crippen molar-refractivity contribution in [2.45, 2.75) is 19.2 Å². The van der Waals surface area contributed by atoms with Gasteiger partial charge in [0.2, 0.25) is 6.35 Å². The van der Waals surface area contributed by atoms with E-state index < -0.39 is 18.3 Å². The molecule has 22 heavy (non-hydrogen) atoms. The topological polar surface area (TPSA) is 94.5 Å². The van der Waals surface area contributed by atoms with Crippen LogP contribution in [0.25, 0.3) is 0 Å². The van der Waals surface area contributed by atoms with Crippen molar-refractivity contribution in [2.24, 2.45) is 5.92 Å². The van der Waals surface area contributed by atoms with Crippen LogP contribution < -0.4 is 10.6 Å². The molecule has 0 aromatic carbocycles. The molecule has 3 rings (SSSR count). The molecule has 2 aliphatic rings. The molecule has 2 N–H and O–H groups in total. The van der Waals surface area contributed by atoms with Gasteiger partial charge >= 0.3 is 11.9 Å². The zero-order valence-corrected chi connectivity index (χ0v) is 13.5. The molecule has 8 nitrogen and oxygen atoms in total. The van der Waals surface area contributed by atoms with E-state index in [0.717, 1.165) is 13.1 Å². The highest BCUT2D eigenvalue weighted by Gasteiger charge is 2.27. The van der Waals surface area contributed by atoms with Crippen LogP contribution in [0.3, 0.4) is 0 Å². The van der Waals surface area contributed by atoms with Crippen molar-refractivity contribution >= 4 is 27.9 Å². The molecule has 2 saturated heterocycles. The van der Waals surface area contributed by atoms with Crippen LogP contribution >= 0.6 is 15.9 Å². The van der Waals surface area contributed by atoms with Crippen LogP contribution in [0.2, 0.25) is 0 Å². The Morgan fingerprint density at radius 2 is 2.14 bits per heavy atom. The second-order valence-corrected chi connectivity index (χ2v) is 6.02. The first-order valence-corrected chi connectivity index (χ1v) is 8.01. The van der Waals surface area contributed by atoms with Crippen molar-refractivity contribution < 1.29 is 19.1 Å². The Bertz CT molecular complexity index is 564. The SMILES string of the molecule is O=C(OC(=O)C1CCNCC1)c1cc(Br)n(C2NCCO2)n1. The van der Waals surface area contributed by atoms with E-state index in [1.807, 2.05) is 0 Å². The zero-order chi connectivity index (χ0) is 15.5. The molecule has 120 valence electrons. The molecule has 2 fully saturated rings. The lowest BCUT2D eigenvalue weighted by atomic mass is 9.99. The Balaban J connectivity index is 1.64. The summed E-state index contributed by atoms with van der Waals surface area (Å²) in [6.45, 7) is 2.81. The maximum Gasteiger partial charge on any atom is 0.366 e. The summed E-state index contributed by atoms with van der Waals surface area (Å²) in [6, 6.07) is 1.52. The molecule has 2 aliphatic heterocycles. The van der Waals surface area contributed by atoms with Gasteiger partial charge in [-0.1, -0.05) is 0 Å². The molecule has 1 aromatic heterocycles. The van der Waals surface area contributed by atoms with Crippen molar-refractivity contribution in [1.29, 1.82) is 0 Å². The molecule has 0 spiro atoms. The predicted molar refractivity (Wildman–Crippen MR) is 78.9 cm³/mol. The number of hydrogen-bond donors (Lipinski definition) is 2. The van der Waals surface area contributed by atoms with E-state index >= 15 is 0 Å². The molecular weight excluding hydrogens is 356 g/mol. The molecule has 1 atom stereocenters.